The van der Waals surface area contributed by atoms with Crippen LogP contribution in [-0.4, -0.2) is 12.0 Å². The number of halogens is 4. The highest BCUT2D eigenvalue weighted by Crippen LogP contribution is 2.29. The van der Waals surface area contributed by atoms with E-state index in [9.17, 15) is 18.0 Å². The lowest BCUT2D eigenvalue weighted by atomic mass is 10.2. The molecular weight excluding hydrogens is 331 g/mol. The molecule has 0 unspecified atom stereocenters. The molecule has 0 heterocycles. The van der Waals surface area contributed by atoms with Crippen molar-refractivity contribution < 1.29 is 22.7 Å². The minimum Gasteiger partial charge on any atom is -0.481 e. The molecule has 0 saturated carbocycles. The summed E-state index contributed by atoms with van der Waals surface area (Å²) in [5.41, 5.74) is -0.525. The molecule has 0 aliphatic rings. The molecule has 0 aliphatic carbocycles. The number of benzene rings is 2. The average Bonchev–Trinajstić information content (AvgIpc) is 2.46. The van der Waals surface area contributed by atoms with Crippen LogP contribution in [0.4, 0.5) is 18.9 Å². The molecule has 0 aromatic heterocycles. The summed E-state index contributed by atoms with van der Waals surface area (Å²) in [6, 6.07) is 10.7. The maximum absolute atomic E-state index is 12.5. The maximum atomic E-state index is 12.5. The number of hydrogen-bond acceptors (Lipinski definition) is 2. The van der Waals surface area contributed by atoms with E-state index in [0.29, 0.717) is 10.8 Å². The highest BCUT2D eigenvalue weighted by Gasteiger charge is 2.30. The van der Waals surface area contributed by atoms with Gasteiger partial charge in [-0.2, -0.15) is 13.2 Å². The monoisotopic (exact) mass is 343 g/mol. The number of rotatable bonds is 4. The third kappa shape index (κ3) is 4.89. The molecule has 7 heteroatoms. The molecule has 3 nitrogen and oxygen atoms in total. The Morgan fingerprint density at radius 2 is 1.83 bits per heavy atom. The number of carbonyl (C=O) groups excluding carboxylic acids is 1. The second-order valence-corrected chi connectivity index (χ2v) is 5.22. The highest BCUT2D eigenvalue weighted by molar-refractivity contribution is 6.30. The van der Waals surface area contributed by atoms with Crippen molar-refractivity contribution in [2.24, 2.45) is 0 Å². The molecule has 0 aliphatic heterocycles. The van der Waals surface area contributed by atoms with Crippen molar-refractivity contribution in [2.45, 2.75) is 19.2 Å². The molecule has 0 spiro atoms. The number of ether oxygens (including phenoxy) is 1. The van der Waals surface area contributed by atoms with Gasteiger partial charge in [0, 0.05) is 10.7 Å². The summed E-state index contributed by atoms with van der Waals surface area (Å²) in [6.45, 7) is 1.53. The Morgan fingerprint density at radius 3 is 2.39 bits per heavy atom. The number of nitrogens with one attached hydrogen (secondary N) is 1. The SMILES string of the molecule is C[C@@H](Oc1cccc(Cl)c1)C(=O)Nc1ccc(C(F)(F)F)cc1. The van der Waals surface area contributed by atoms with Crippen molar-refractivity contribution >= 4 is 23.2 Å². The van der Waals surface area contributed by atoms with E-state index in [0.717, 1.165) is 12.1 Å². The summed E-state index contributed by atoms with van der Waals surface area (Å²) < 4.78 is 42.8. The van der Waals surface area contributed by atoms with Crippen molar-refractivity contribution in [3.63, 3.8) is 0 Å². The minimum absolute atomic E-state index is 0.254. The quantitative estimate of drug-likeness (QED) is 0.868. The van der Waals surface area contributed by atoms with Gasteiger partial charge in [0.15, 0.2) is 6.10 Å². The lowest BCUT2D eigenvalue weighted by Gasteiger charge is -2.15. The predicted octanol–water partition coefficient (Wildman–Crippen LogP) is 4.76. The first-order chi connectivity index (χ1) is 10.8. The Bertz CT molecular complexity index is 686. The van der Waals surface area contributed by atoms with E-state index in [-0.39, 0.29) is 5.69 Å². The number of anilines is 1. The van der Waals surface area contributed by atoms with E-state index in [1.54, 1.807) is 24.3 Å². The van der Waals surface area contributed by atoms with Crippen LogP contribution in [0.2, 0.25) is 5.02 Å². The molecular formula is C16H13ClF3NO2. The molecule has 2 aromatic carbocycles. The first kappa shape index (κ1) is 17.1. The van der Waals surface area contributed by atoms with E-state index in [2.05, 4.69) is 5.32 Å². The van der Waals surface area contributed by atoms with Gasteiger partial charge in [-0.3, -0.25) is 4.79 Å². The van der Waals surface area contributed by atoms with E-state index < -0.39 is 23.8 Å². The van der Waals surface area contributed by atoms with Crippen LogP contribution in [0, 0.1) is 0 Å². The van der Waals surface area contributed by atoms with Crippen LogP contribution in [0.5, 0.6) is 5.75 Å². The zero-order chi connectivity index (χ0) is 17.0. The fourth-order valence-electron chi connectivity index (χ4n) is 1.78. The summed E-state index contributed by atoms with van der Waals surface area (Å²) in [7, 11) is 0. The molecule has 1 atom stereocenters. The second-order valence-electron chi connectivity index (χ2n) is 4.78. The number of hydrogen-bond donors (Lipinski definition) is 1. The van der Waals surface area contributed by atoms with E-state index in [1.807, 2.05) is 0 Å². The molecule has 122 valence electrons. The van der Waals surface area contributed by atoms with Gasteiger partial charge in [-0.15, -0.1) is 0 Å². The maximum Gasteiger partial charge on any atom is 0.416 e. The van der Waals surface area contributed by atoms with Crippen LogP contribution in [-0.2, 0) is 11.0 Å². The van der Waals surface area contributed by atoms with Crippen molar-refractivity contribution in [1.29, 1.82) is 0 Å². The Hall–Kier alpha value is -2.21. The predicted molar refractivity (Wildman–Crippen MR) is 81.6 cm³/mol. The first-order valence-corrected chi connectivity index (χ1v) is 7.04. The number of carbonyl (C=O) groups is 1. The molecule has 0 radical (unpaired) electrons. The Labute approximate surface area is 136 Å². The van der Waals surface area contributed by atoms with Crippen LogP contribution >= 0.6 is 11.6 Å². The average molecular weight is 344 g/mol. The summed E-state index contributed by atoms with van der Waals surface area (Å²) in [5, 5.41) is 2.96. The lowest BCUT2D eigenvalue weighted by molar-refractivity contribution is -0.137. The molecule has 23 heavy (non-hydrogen) atoms. The van der Waals surface area contributed by atoms with E-state index in [1.165, 1.54) is 19.1 Å². The van der Waals surface area contributed by atoms with Crippen molar-refractivity contribution in [1.82, 2.24) is 0 Å². The fourth-order valence-corrected chi connectivity index (χ4v) is 1.96. The fraction of sp³-hybridized carbons (Fsp3) is 0.188. The minimum atomic E-state index is -4.41. The lowest BCUT2D eigenvalue weighted by Crippen LogP contribution is -2.30. The summed E-state index contributed by atoms with van der Waals surface area (Å²) in [4.78, 5) is 12.0. The molecule has 0 saturated heterocycles. The van der Waals surface area contributed by atoms with Gasteiger partial charge in [0.2, 0.25) is 0 Å². The Balaban J connectivity index is 1.98. The zero-order valence-corrected chi connectivity index (χ0v) is 12.8. The van der Waals surface area contributed by atoms with Gasteiger partial charge in [-0.05, 0) is 49.4 Å². The third-order valence-corrected chi connectivity index (χ3v) is 3.19. The van der Waals surface area contributed by atoms with Crippen molar-refractivity contribution in [3.8, 4) is 5.75 Å². The first-order valence-electron chi connectivity index (χ1n) is 6.66. The number of amides is 1. The second kappa shape index (κ2) is 6.91. The molecule has 0 fully saturated rings. The Morgan fingerprint density at radius 1 is 1.17 bits per heavy atom. The smallest absolute Gasteiger partial charge is 0.416 e. The normalized spacial score (nSPS) is 12.6. The van der Waals surface area contributed by atoms with Crippen LogP contribution in [0.1, 0.15) is 12.5 Å². The van der Waals surface area contributed by atoms with Gasteiger partial charge in [-0.1, -0.05) is 17.7 Å². The topological polar surface area (TPSA) is 38.3 Å². The molecule has 2 aromatic rings. The van der Waals surface area contributed by atoms with E-state index in [4.69, 9.17) is 16.3 Å². The van der Waals surface area contributed by atoms with Crippen molar-refractivity contribution in [3.05, 3.63) is 59.1 Å². The van der Waals surface area contributed by atoms with Gasteiger partial charge in [0.1, 0.15) is 5.75 Å². The van der Waals surface area contributed by atoms with Gasteiger partial charge in [0.05, 0.1) is 5.56 Å². The van der Waals surface area contributed by atoms with Gasteiger partial charge in [-0.25, -0.2) is 0 Å². The van der Waals surface area contributed by atoms with Gasteiger partial charge < -0.3 is 10.1 Å². The van der Waals surface area contributed by atoms with Gasteiger partial charge in [0.25, 0.3) is 5.91 Å². The summed E-state index contributed by atoms with van der Waals surface area (Å²) in [5.74, 6) is -0.0581. The van der Waals surface area contributed by atoms with Crippen LogP contribution in [0.25, 0.3) is 0 Å². The third-order valence-electron chi connectivity index (χ3n) is 2.96. The van der Waals surface area contributed by atoms with Crippen LogP contribution < -0.4 is 10.1 Å². The highest BCUT2D eigenvalue weighted by atomic mass is 35.5. The standard InChI is InChI=1S/C16H13ClF3NO2/c1-10(23-14-4-2-3-12(17)9-14)15(22)21-13-7-5-11(6-8-13)16(18,19)20/h2-10H,1H3,(H,21,22)/t10-/m1/s1. The Kier molecular flexibility index (Phi) is 5.15. The van der Waals surface area contributed by atoms with Crippen molar-refractivity contribution in [2.75, 3.05) is 5.32 Å². The summed E-state index contributed by atoms with van der Waals surface area (Å²) in [6.07, 6.45) is -5.25. The molecule has 1 amide bonds. The van der Waals surface area contributed by atoms with E-state index >= 15 is 0 Å². The summed E-state index contributed by atoms with van der Waals surface area (Å²) >= 11 is 5.82. The largest absolute Gasteiger partial charge is 0.481 e. The van der Waals surface area contributed by atoms with Crippen LogP contribution in [0.3, 0.4) is 0 Å². The van der Waals surface area contributed by atoms with Gasteiger partial charge >= 0.3 is 6.18 Å². The van der Waals surface area contributed by atoms with Crippen LogP contribution in [0.15, 0.2) is 48.5 Å². The molecule has 0 bridgehead atoms. The molecule has 2 rings (SSSR count). The zero-order valence-electron chi connectivity index (χ0n) is 12.0. The molecule has 1 N–H and O–H groups in total. The number of alkyl halides is 3.